The highest BCUT2D eigenvalue weighted by Crippen LogP contribution is 2.28. The summed E-state index contributed by atoms with van der Waals surface area (Å²) in [4.78, 5) is 13.2. The van der Waals surface area contributed by atoms with E-state index in [1.807, 2.05) is 19.1 Å². The maximum atomic E-state index is 11.4. The van der Waals surface area contributed by atoms with Crippen molar-refractivity contribution in [1.82, 2.24) is 5.32 Å². The molecule has 1 unspecified atom stereocenters. The van der Waals surface area contributed by atoms with E-state index in [0.717, 1.165) is 16.2 Å². The number of hydrogen-bond acceptors (Lipinski definition) is 4. The number of furan rings is 1. The molecule has 0 fully saturated rings. The van der Waals surface area contributed by atoms with Crippen LogP contribution in [0.25, 0.3) is 0 Å². The van der Waals surface area contributed by atoms with Crippen LogP contribution in [0.1, 0.15) is 41.4 Å². The Labute approximate surface area is 116 Å². The number of hydrogen-bond donors (Lipinski definition) is 2. The van der Waals surface area contributed by atoms with Gasteiger partial charge in [-0.05, 0) is 30.7 Å². The number of amides is 1. The maximum absolute atomic E-state index is 11.4. The van der Waals surface area contributed by atoms with Crippen molar-refractivity contribution >= 4 is 17.2 Å². The van der Waals surface area contributed by atoms with Crippen molar-refractivity contribution in [2.75, 3.05) is 0 Å². The van der Waals surface area contributed by atoms with Crippen LogP contribution in [-0.4, -0.2) is 11.0 Å². The lowest BCUT2D eigenvalue weighted by atomic mass is 10.2. The van der Waals surface area contributed by atoms with E-state index in [4.69, 9.17) is 4.42 Å². The number of carbonyl (C=O) groups is 1. The van der Waals surface area contributed by atoms with Gasteiger partial charge in [0, 0.05) is 16.2 Å². The third-order valence-electron chi connectivity index (χ3n) is 2.70. The number of nitrogens with one attached hydrogen (secondary N) is 1. The van der Waals surface area contributed by atoms with E-state index in [1.54, 1.807) is 12.1 Å². The van der Waals surface area contributed by atoms with E-state index < -0.39 is 6.10 Å². The predicted molar refractivity (Wildman–Crippen MR) is 73.8 cm³/mol. The highest BCUT2D eigenvalue weighted by Gasteiger charge is 2.15. The van der Waals surface area contributed by atoms with Gasteiger partial charge < -0.3 is 14.8 Å². The first-order valence-corrected chi connectivity index (χ1v) is 7.09. The molecule has 0 spiro atoms. The molecule has 1 atom stereocenters. The molecule has 0 bridgehead atoms. The lowest BCUT2D eigenvalue weighted by Crippen LogP contribution is -2.21. The summed E-state index contributed by atoms with van der Waals surface area (Å²) in [6.07, 6.45) is 2.20. The van der Waals surface area contributed by atoms with Crippen molar-refractivity contribution in [3.63, 3.8) is 0 Å². The quantitative estimate of drug-likeness (QED) is 0.854. The fourth-order valence-corrected chi connectivity index (χ4v) is 2.67. The molecule has 0 aliphatic carbocycles. The van der Waals surface area contributed by atoms with Crippen molar-refractivity contribution in [2.24, 2.45) is 0 Å². The zero-order valence-corrected chi connectivity index (χ0v) is 11.6. The molecule has 0 radical (unpaired) electrons. The summed E-state index contributed by atoms with van der Waals surface area (Å²) < 4.78 is 5.18. The van der Waals surface area contributed by atoms with Gasteiger partial charge in [-0.1, -0.05) is 6.92 Å². The second-order valence-corrected chi connectivity index (χ2v) is 5.45. The highest BCUT2D eigenvalue weighted by atomic mass is 32.1. The van der Waals surface area contributed by atoms with Crippen LogP contribution in [0.4, 0.5) is 0 Å². The van der Waals surface area contributed by atoms with Crippen LogP contribution >= 0.6 is 11.3 Å². The topological polar surface area (TPSA) is 62.5 Å². The minimum atomic E-state index is -0.736. The van der Waals surface area contributed by atoms with E-state index in [9.17, 15) is 9.90 Å². The molecule has 2 N–H and O–H groups in total. The van der Waals surface area contributed by atoms with Crippen molar-refractivity contribution in [2.45, 2.75) is 32.4 Å². The van der Waals surface area contributed by atoms with Crippen molar-refractivity contribution in [1.29, 1.82) is 0 Å². The number of rotatable bonds is 6. The third kappa shape index (κ3) is 3.68. The van der Waals surface area contributed by atoms with Crippen LogP contribution in [0.15, 0.2) is 34.9 Å². The Morgan fingerprint density at radius 1 is 1.47 bits per heavy atom. The highest BCUT2D eigenvalue weighted by molar-refractivity contribution is 7.12. The molecule has 0 saturated heterocycles. The standard InChI is InChI=1S/C14H17NO3S/c1-2-4-13(16)15-9-10-6-7-12(19-10)14(17)11-5-3-8-18-11/h3,5-8,14,17H,2,4,9H2,1H3,(H,15,16). The number of thiophene rings is 1. The monoisotopic (exact) mass is 279 g/mol. The first-order chi connectivity index (χ1) is 9.20. The first kappa shape index (κ1) is 13.8. The van der Waals surface area contributed by atoms with Crippen molar-refractivity contribution < 1.29 is 14.3 Å². The molecule has 102 valence electrons. The van der Waals surface area contributed by atoms with Gasteiger partial charge in [0.05, 0.1) is 12.8 Å². The molecule has 19 heavy (non-hydrogen) atoms. The van der Waals surface area contributed by atoms with Gasteiger partial charge in [-0.15, -0.1) is 11.3 Å². The zero-order valence-electron chi connectivity index (χ0n) is 10.8. The molecule has 2 heterocycles. The number of aliphatic hydroxyl groups is 1. The zero-order chi connectivity index (χ0) is 13.7. The average Bonchev–Trinajstić information content (AvgIpc) is 3.07. The molecule has 5 heteroatoms. The number of aliphatic hydroxyl groups excluding tert-OH is 1. The van der Waals surface area contributed by atoms with E-state index in [2.05, 4.69) is 5.32 Å². The second kappa shape index (κ2) is 6.54. The summed E-state index contributed by atoms with van der Waals surface area (Å²) in [7, 11) is 0. The van der Waals surface area contributed by atoms with Crippen LogP contribution in [-0.2, 0) is 11.3 Å². The van der Waals surface area contributed by atoms with Gasteiger partial charge in [-0.2, -0.15) is 0 Å². The Hall–Kier alpha value is -1.59. The fourth-order valence-electron chi connectivity index (χ4n) is 1.72. The summed E-state index contributed by atoms with van der Waals surface area (Å²) in [5.41, 5.74) is 0. The third-order valence-corrected chi connectivity index (χ3v) is 3.84. The minimum absolute atomic E-state index is 0.0593. The van der Waals surface area contributed by atoms with Gasteiger partial charge in [0.25, 0.3) is 0 Å². The van der Waals surface area contributed by atoms with E-state index in [-0.39, 0.29) is 5.91 Å². The SMILES string of the molecule is CCCC(=O)NCc1ccc(C(O)c2ccco2)s1. The Kier molecular flexibility index (Phi) is 4.76. The molecule has 2 aromatic rings. The van der Waals surface area contributed by atoms with E-state index >= 15 is 0 Å². The molecule has 0 aliphatic rings. The van der Waals surface area contributed by atoms with Crippen LogP contribution in [0.5, 0.6) is 0 Å². The Bertz CT molecular complexity index is 519. The molecule has 1 amide bonds. The second-order valence-electron chi connectivity index (χ2n) is 4.25. The molecule has 2 rings (SSSR count). The summed E-state index contributed by atoms with van der Waals surface area (Å²) in [5.74, 6) is 0.590. The van der Waals surface area contributed by atoms with Crippen LogP contribution < -0.4 is 5.32 Å². The predicted octanol–water partition coefficient (Wildman–Crippen LogP) is 2.84. The summed E-state index contributed by atoms with van der Waals surface area (Å²) in [6.45, 7) is 2.48. The maximum Gasteiger partial charge on any atom is 0.220 e. The van der Waals surface area contributed by atoms with Gasteiger partial charge in [0.15, 0.2) is 0 Å². The average molecular weight is 279 g/mol. The smallest absolute Gasteiger partial charge is 0.220 e. The van der Waals surface area contributed by atoms with Crippen molar-refractivity contribution in [3.05, 3.63) is 46.0 Å². The molecule has 0 aliphatic heterocycles. The van der Waals surface area contributed by atoms with E-state index in [0.29, 0.717) is 18.7 Å². The van der Waals surface area contributed by atoms with Crippen molar-refractivity contribution in [3.8, 4) is 0 Å². The van der Waals surface area contributed by atoms with Crippen LogP contribution in [0, 0.1) is 0 Å². The van der Waals surface area contributed by atoms with Gasteiger partial charge in [0.1, 0.15) is 11.9 Å². The van der Waals surface area contributed by atoms with Gasteiger partial charge in [0.2, 0.25) is 5.91 Å². The minimum Gasteiger partial charge on any atom is -0.466 e. The normalized spacial score (nSPS) is 12.3. The largest absolute Gasteiger partial charge is 0.466 e. The lowest BCUT2D eigenvalue weighted by Gasteiger charge is -2.04. The van der Waals surface area contributed by atoms with Gasteiger partial charge >= 0.3 is 0 Å². The Morgan fingerprint density at radius 2 is 2.32 bits per heavy atom. The Balaban J connectivity index is 1.94. The number of carbonyl (C=O) groups excluding carboxylic acids is 1. The fraction of sp³-hybridized carbons (Fsp3) is 0.357. The lowest BCUT2D eigenvalue weighted by molar-refractivity contribution is -0.121. The van der Waals surface area contributed by atoms with Crippen LogP contribution in [0.3, 0.4) is 0 Å². The summed E-state index contributed by atoms with van der Waals surface area (Å²) in [6, 6.07) is 7.27. The van der Waals surface area contributed by atoms with Gasteiger partial charge in [-0.25, -0.2) is 0 Å². The molecular formula is C14H17NO3S. The molecule has 2 aromatic heterocycles. The summed E-state index contributed by atoms with van der Waals surface area (Å²) in [5, 5.41) is 12.9. The molecule has 0 saturated carbocycles. The van der Waals surface area contributed by atoms with E-state index in [1.165, 1.54) is 17.6 Å². The van der Waals surface area contributed by atoms with Gasteiger partial charge in [-0.3, -0.25) is 4.79 Å². The molecule has 4 nitrogen and oxygen atoms in total. The van der Waals surface area contributed by atoms with Crippen LogP contribution in [0.2, 0.25) is 0 Å². The Morgan fingerprint density at radius 3 is 3.00 bits per heavy atom. The summed E-state index contributed by atoms with van der Waals surface area (Å²) >= 11 is 1.47. The first-order valence-electron chi connectivity index (χ1n) is 6.27. The molecular weight excluding hydrogens is 262 g/mol. The molecule has 0 aromatic carbocycles.